The van der Waals surface area contributed by atoms with E-state index in [-0.39, 0.29) is 12.3 Å². The fourth-order valence-corrected chi connectivity index (χ4v) is 4.33. The molecule has 1 aromatic rings. The molecule has 0 bridgehead atoms. The van der Waals surface area contributed by atoms with Crippen LogP contribution in [0.15, 0.2) is 30.3 Å². The van der Waals surface area contributed by atoms with Crippen molar-refractivity contribution in [2.24, 2.45) is 5.92 Å². The topological polar surface area (TPSA) is 64.1 Å². The van der Waals surface area contributed by atoms with Crippen LogP contribution in [0.1, 0.15) is 37.7 Å². The molecule has 0 aromatic heterocycles. The number of piperazine rings is 1. The number of rotatable bonds is 8. The van der Waals surface area contributed by atoms with Crippen molar-refractivity contribution in [3.05, 3.63) is 35.9 Å². The molecule has 3 rings (SSSR count). The first kappa shape index (κ1) is 20.8. The number of benzene rings is 1. The molecule has 0 radical (unpaired) electrons. The SMILES string of the molecule is O=C(O)CCN1CCCC(CCC(=O)N2CCN(Cc3ccccc3)CC2)C1. The molecule has 2 heterocycles. The van der Waals surface area contributed by atoms with E-state index in [2.05, 4.69) is 34.1 Å². The molecule has 1 amide bonds. The van der Waals surface area contributed by atoms with Crippen LogP contribution in [0, 0.1) is 5.92 Å². The Morgan fingerprint density at radius 1 is 0.964 bits per heavy atom. The van der Waals surface area contributed by atoms with Crippen LogP contribution in [0.2, 0.25) is 0 Å². The summed E-state index contributed by atoms with van der Waals surface area (Å²) in [5.41, 5.74) is 1.33. The normalized spacial score (nSPS) is 21.6. The maximum Gasteiger partial charge on any atom is 0.304 e. The average molecular weight is 388 g/mol. The van der Waals surface area contributed by atoms with Gasteiger partial charge in [-0.3, -0.25) is 14.5 Å². The van der Waals surface area contributed by atoms with E-state index in [0.29, 0.717) is 18.9 Å². The Kier molecular flexibility index (Phi) is 7.86. The van der Waals surface area contributed by atoms with Gasteiger partial charge in [0.15, 0.2) is 0 Å². The average Bonchev–Trinajstić information content (AvgIpc) is 2.72. The van der Waals surface area contributed by atoms with E-state index in [0.717, 1.165) is 65.1 Å². The Bertz CT molecular complexity index is 629. The first-order chi connectivity index (χ1) is 13.6. The highest BCUT2D eigenvalue weighted by Gasteiger charge is 2.24. The number of carbonyl (C=O) groups is 2. The van der Waals surface area contributed by atoms with E-state index in [1.54, 1.807) is 0 Å². The van der Waals surface area contributed by atoms with Crippen LogP contribution in [0.25, 0.3) is 0 Å². The molecule has 1 atom stereocenters. The minimum absolute atomic E-state index is 0.207. The summed E-state index contributed by atoms with van der Waals surface area (Å²) < 4.78 is 0. The zero-order valence-corrected chi connectivity index (χ0v) is 16.8. The predicted molar refractivity (Wildman–Crippen MR) is 109 cm³/mol. The summed E-state index contributed by atoms with van der Waals surface area (Å²) in [4.78, 5) is 30.1. The maximum absolute atomic E-state index is 12.6. The second-order valence-electron chi connectivity index (χ2n) is 8.13. The van der Waals surface area contributed by atoms with Gasteiger partial charge in [0.05, 0.1) is 6.42 Å². The number of carboxylic acids is 1. The van der Waals surface area contributed by atoms with Crippen molar-refractivity contribution >= 4 is 11.9 Å². The predicted octanol–water partition coefficient (Wildman–Crippen LogP) is 2.30. The van der Waals surface area contributed by atoms with Crippen molar-refractivity contribution in [1.82, 2.24) is 14.7 Å². The van der Waals surface area contributed by atoms with Crippen LogP contribution >= 0.6 is 0 Å². The fourth-order valence-electron chi connectivity index (χ4n) is 4.33. The molecule has 0 saturated carbocycles. The van der Waals surface area contributed by atoms with Gasteiger partial charge in [-0.2, -0.15) is 0 Å². The first-order valence-corrected chi connectivity index (χ1v) is 10.6. The second-order valence-corrected chi connectivity index (χ2v) is 8.13. The minimum Gasteiger partial charge on any atom is -0.481 e. The Morgan fingerprint density at radius 2 is 1.71 bits per heavy atom. The van der Waals surface area contributed by atoms with Gasteiger partial charge in [0.25, 0.3) is 0 Å². The van der Waals surface area contributed by atoms with Crippen molar-refractivity contribution in [2.45, 2.75) is 38.6 Å². The summed E-state index contributed by atoms with van der Waals surface area (Å²) in [6, 6.07) is 10.5. The summed E-state index contributed by atoms with van der Waals surface area (Å²) in [5.74, 6) is 0.0663. The Balaban J connectivity index is 1.34. The third-order valence-corrected chi connectivity index (χ3v) is 5.99. The molecular formula is C22H33N3O3. The monoisotopic (exact) mass is 387 g/mol. The fraction of sp³-hybridized carbons (Fsp3) is 0.636. The number of piperidine rings is 1. The zero-order valence-electron chi connectivity index (χ0n) is 16.8. The summed E-state index contributed by atoms with van der Waals surface area (Å²) in [6.45, 7) is 7.02. The molecule has 2 aliphatic rings. The molecule has 1 unspecified atom stereocenters. The smallest absolute Gasteiger partial charge is 0.304 e. The molecule has 6 nitrogen and oxygen atoms in total. The molecular weight excluding hydrogens is 354 g/mol. The molecule has 154 valence electrons. The van der Waals surface area contributed by atoms with Gasteiger partial charge in [0, 0.05) is 52.2 Å². The van der Waals surface area contributed by atoms with E-state index in [1.165, 1.54) is 5.56 Å². The summed E-state index contributed by atoms with van der Waals surface area (Å²) >= 11 is 0. The van der Waals surface area contributed by atoms with Crippen LogP contribution in [-0.2, 0) is 16.1 Å². The second kappa shape index (κ2) is 10.6. The Morgan fingerprint density at radius 3 is 2.43 bits per heavy atom. The molecule has 0 aliphatic carbocycles. The Labute approximate surface area is 168 Å². The van der Waals surface area contributed by atoms with Crippen LogP contribution in [-0.4, -0.2) is 77.5 Å². The lowest BCUT2D eigenvalue weighted by Gasteiger charge is -2.36. The highest BCUT2D eigenvalue weighted by atomic mass is 16.4. The molecule has 6 heteroatoms. The quantitative estimate of drug-likeness (QED) is 0.742. The van der Waals surface area contributed by atoms with E-state index in [9.17, 15) is 9.59 Å². The third kappa shape index (κ3) is 6.60. The lowest BCUT2D eigenvalue weighted by atomic mass is 9.93. The number of hydrogen-bond acceptors (Lipinski definition) is 4. The van der Waals surface area contributed by atoms with Crippen molar-refractivity contribution < 1.29 is 14.7 Å². The van der Waals surface area contributed by atoms with Crippen molar-refractivity contribution in [3.63, 3.8) is 0 Å². The van der Waals surface area contributed by atoms with Gasteiger partial charge in [-0.1, -0.05) is 30.3 Å². The number of carbonyl (C=O) groups excluding carboxylic acids is 1. The number of nitrogens with zero attached hydrogens (tertiary/aromatic N) is 3. The number of hydrogen-bond donors (Lipinski definition) is 1. The van der Waals surface area contributed by atoms with E-state index in [4.69, 9.17) is 5.11 Å². The standard InChI is InChI=1S/C22H33N3O3/c26-21(9-8-20-7-4-11-23(18-20)12-10-22(27)28)25-15-13-24(14-16-25)17-19-5-2-1-3-6-19/h1-3,5-6,20H,4,7-18H2,(H,27,28). The number of aliphatic carboxylic acids is 1. The van der Waals surface area contributed by atoms with Gasteiger partial charge >= 0.3 is 5.97 Å². The Hall–Kier alpha value is -1.92. The molecule has 1 N–H and O–H groups in total. The highest BCUT2D eigenvalue weighted by Crippen LogP contribution is 2.22. The maximum atomic E-state index is 12.6. The van der Waals surface area contributed by atoms with Crippen LogP contribution in [0.3, 0.4) is 0 Å². The van der Waals surface area contributed by atoms with Gasteiger partial charge in [0.2, 0.25) is 5.91 Å². The highest BCUT2D eigenvalue weighted by molar-refractivity contribution is 5.76. The van der Waals surface area contributed by atoms with Crippen molar-refractivity contribution in [2.75, 3.05) is 45.8 Å². The van der Waals surface area contributed by atoms with E-state index in [1.807, 2.05) is 11.0 Å². The van der Waals surface area contributed by atoms with Gasteiger partial charge in [-0.05, 0) is 37.3 Å². The number of carboxylic acid groups (broad SMARTS) is 1. The third-order valence-electron chi connectivity index (χ3n) is 5.99. The zero-order chi connectivity index (χ0) is 19.8. The number of likely N-dealkylation sites (tertiary alicyclic amines) is 1. The van der Waals surface area contributed by atoms with Crippen LogP contribution in [0.5, 0.6) is 0 Å². The lowest BCUT2D eigenvalue weighted by molar-refractivity contribution is -0.137. The first-order valence-electron chi connectivity index (χ1n) is 10.6. The summed E-state index contributed by atoms with van der Waals surface area (Å²) in [7, 11) is 0. The molecule has 2 fully saturated rings. The van der Waals surface area contributed by atoms with Crippen molar-refractivity contribution in [1.29, 1.82) is 0 Å². The van der Waals surface area contributed by atoms with Gasteiger partial charge in [0.1, 0.15) is 0 Å². The van der Waals surface area contributed by atoms with E-state index < -0.39 is 5.97 Å². The molecule has 0 spiro atoms. The van der Waals surface area contributed by atoms with Crippen LogP contribution < -0.4 is 0 Å². The van der Waals surface area contributed by atoms with Crippen molar-refractivity contribution in [3.8, 4) is 0 Å². The van der Waals surface area contributed by atoms with Gasteiger partial charge in [-0.25, -0.2) is 0 Å². The van der Waals surface area contributed by atoms with Crippen LogP contribution in [0.4, 0.5) is 0 Å². The van der Waals surface area contributed by atoms with Gasteiger partial charge in [-0.15, -0.1) is 0 Å². The number of amides is 1. The summed E-state index contributed by atoms with van der Waals surface area (Å²) in [5, 5.41) is 8.85. The van der Waals surface area contributed by atoms with E-state index >= 15 is 0 Å². The molecule has 2 saturated heterocycles. The summed E-state index contributed by atoms with van der Waals surface area (Å²) in [6.07, 6.45) is 4.01. The largest absolute Gasteiger partial charge is 0.481 e. The minimum atomic E-state index is -0.733. The molecule has 1 aromatic carbocycles. The lowest BCUT2D eigenvalue weighted by Crippen LogP contribution is -2.48. The molecule has 28 heavy (non-hydrogen) atoms. The molecule has 2 aliphatic heterocycles. The van der Waals surface area contributed by atoms with Gasteiger partial charge < -0.3 is 14.9 Å².